The van der Waals surface area contributed by atoms with E-state index in [0.29, 0.717) is 12.1 Å². The van der Waals surface area contributed by atoms with Crippen molar-refractivity contribution in [2.24, 2.45) is 5.41 Å². The molecule has 12 heavy (non-hydrogen) atoms. The second-order valence-electron chi connectivity index (χ2n) is 4.65. The van der Waals surface area contributed by atoms with Crippen LogP contribution in [0.1, 0.15) is 34.6 Å². The lowest BCUT2D eigenvalue weighted by Gasteiger charge is -2.30. The van der Waals surface area contributed by atoms with Crippen LogP contribution in [0.5, 0.6) is 0 Å². The van der Waals surface area contributed by atoms with E-state index in [1.54, 1.807) is 7.11 Å². The van der Waals surface area contributed by atoms with Crippen LogP contribution in [0, 0.1) is 5.41 Å². The highest BCUT2D eigenvalue weighted by Gasteiger charge is 2.23. The minimum Gasteiger partial charge on any atom is -0.380 e. The summed E-state index contributed by atoms with van der Waals surface area (Å²) in [6, 6.07) is 0.532. The Morgan fingerprint density at radius 3 is 2.00 bits per heavy atom. The van der Waals surface area contributed by atoms with Gasteiger partial charge in [-0.15, -0.1) is 0 Å². The van der Waals surface area contributed by atoms with Crippen molar-refractivity contribution in [3.05, 3.63) is 0 Å². The van der Waals surface area contributed by atoms with Crippen LogP contribution in [0.2, 0.25) is 0 Å². The average Bonchev–Trinajstić information content (AvgIpc) is 1.85. The average molecular weight is 173 g/mol. The molecular weight excluding hydrogens is 150 g/mol. The molecule has 0 aromatic rings. The van der Waals surface area contributed by atoms with Crippen molar-refractivity contribution in [2.75, 3.05) is 13.7 Å². The highest BCUT2D eigenvalue weighted by molar-refractivity contribution is 4.76. The molecule has 0 rings (SSSR count). The summed E-state index contributed by atoms with van der Waals surface area (Å²) in [4.78, 5) is 0. The van der Waals surface area contributed by atoms with Crippen LogP contribution in [0.3, 0.4) is 0 Å². The molecule has 0 aromatic heterocycles. The molecule has 0 aliphatic heterocycles. The van der Waals surface area contributed by atoms with Gasteiger partial charge in [0.15, 0.2) is 0 Å². The summed E-state index contributed by atoms with van der Waals surface area (Å²) < 4.78 is 5.40. The predicted molar refractivity (Wildman–Crippen MR) is 53.4 cm³/mol. The molecule has 0 bridgehead atoms. The number of rotatable bonds is 4. The van der Waals surface area contributed by atoms with Gasteiger partial charge in [-0.3, -0.25) is 0 Å². The van der Waals surface area contributed by atoms with Gasteiger partial charge in [-0.05, 0) is 5.41 Å². The monoisotopic (exact) mass is 173 g/mol. The van der Waals surface area contributed by atoms with E-state index < -0.39 is 0 Å². The van der Waals surface area contributed by atoms with Crippen molar-refractivity contribution in [1.29, 1.82) is 0 Å². The van der Waals surface area contributed by atoms with Crippen LogP contribution < -0.4 is 5.32 Å². The Labute approximate surface area is 76.7 Å². The molecule has 0 amide bonds. The third-order valence-electron chi connectivity index (χ3n) is 1.96. The second-order valence-corrected chi connectivity index (χ2v) is 4.65. The van der Waals surface area contributed by atoms with Gasteiger partial charge < -0.3 is 10.1 Å². The largest absolute Gasteiger partial charge is 0.380 e. The number of hydrogen-bond acceptors (Lipinski definition) is 2. The molecule has 74 valence electrons. The maximum Gasteiger partial charge on any atom is 0.0743 e. The topological polar surface area (TPSA) is 21.3 Å². The Hall–Kier alpha value is -0.0800. The Balaban J connectivity index is 3.84. The van der Waals surface area contributed by atoms with E-state index in [4.69, 9.17) is 4.74 Å². The highest BCUT2D eigenvalue weighted by Crippen LogP contribution is 2.20. The van der Waals surface area contributed by atoms with Gasteiger partial charge in [-0.2, -0.15) is 0 Å². The minimum absolute atomic E-state index is 0.219. The summed E-state index contributed by atoms with van der Waals surface area (Å²) in [7, 11) is 1.78. The molecule has 2 heteroatoms. The van der Waals surface area contributed by atoms with Gasteiger partial charge in [-0.25, -0.2) is 0 Å². The number of methoxy groups -OCH3 is 1. The van der Waals surface area contributed by atoms with Crippen molar-refractivity contribution in [2.45, 2.75) is 46.8 Å². The van der Waals surface area contributed by atoms with Crippen LogP contribution in [-0.2, 0) is 4.74 Å². The Bertz CT molecular complexity index is 115. The zero-order valence-corrected chi connectivity index (χ0v) is 9.27. The number of nitrogens with one attached hydrogen (secondary N) is 1. The van der Waals surface area contributed by atoms with Gasteiger partial charge in [0.2, 0.25) is 0 Å². The molecule has 0 saturated heterocycles. The van der Waals surface area contributed by atoms with Crippen molar-refractivity contribution >= 4 is 0 Å². The number of hydrogen-bond donors (Lipinski definition) is 1. The highest BCUT2D eigenvalue weighted by atomic mass is 16.5. The minimum atomic E-state index is 0.219. The lowest BCUT2D eigenvalue weighted by Crippen LogP contribution is -2.40. The molecule has 1 atom stereocenters. The molecular formula is C10H23NO. The van der Waals surface area contributed by atoms with E-state index in [1.165, 1.54) is 0 Å². The summed E-state index contributed by atoms with van der Waals surface area (Å²) in [5.74, 6) is 0. The van der Waals surface area contributed by atoms with E-state index in [9.17, 15) is 0 Å². The smallest absolute Gasteiger partial charge is 0.0743 e. The predicted octanol–water partition coefficient (Wildman–Crippen LogP) is 2.05. The first-order valence-corrected chi connectivity index (χ1v) is 4.64. The fourth-order valence-electron chi connectivity index (χ4n) is 1.09. The van der Waals surface area contributed by atoms with Crippen molar-refractivity contribution in [3.63, 3.8) is 0 Å². The van der Waals surface area contributed by atoms with Gasteiger partial charge in [0, 0.05) is 19.7 Å². The molecule has 0 heterocycles. The summed E-state index contributed by atoms with van der Waals surface area (Å²) in [5.41, 5.74) is 0.219. The van der Waals surface area contributed by atoms with Gasteiger partial charge in [0.05, 0.1) is 6.10 Å². The summed E-state index contributed by atoms with van der Waals surface area (Å²) in [6.07, 6.45) is 0.292. The Morgan fingerprint density at radius 1 is 1.25 bits per heavy atom. The molecule has 0 radical (unpaired) electrons. The molecule has 0 aromatic carbocycles. The third-order valence-corrected chi connectivity index (χ3v) is 1.96. The first-order valence-electron chi connectivity index (χ1n) is 4.64. The first-order chi connectivity index (χ1) is 5.38. The third kappa shape index (κ3) is 4.73. The van der Waals surface area contributed by atoms with Gasteiger partial charge in [0.1, 0.15) is 0 Å². The zero-order valence-electron chi connectivity index (χ0n) is 9.27. The number of ether oxygens (including phenoxy) is 1. The maximum atomic E-state index is 5.40. The van der Waals surface area contributed by atoms with Crippen LogP contribution in [0.15, 0.2) is 0 Å². The molecule has 0 spiro atoms. The van der Waals surface area contributed by atoms with Crippen LogP contribution in [-0.4, -0.2) is 25.8 Å². The molecule has 0 aliphatic rings. The van der Waals surface area contributed by atoms with Crippen LogP contribution >= 0.6 is 0 Å². The van der Waals surface area contributed by atoms with Crippen LogP contribution in [0.4, 0.5) is 0 Å². The fourth-order valence-corrected chi connectivity index (χ4v) is 1.09. The first kappa shape index (κ1) is 11.9. The molecule has 0 fully saturated rings. The van der Waals surface area contributed by atoms with E-state index in [0.717, 1.165) is 6.54 Å². The van der Waals surface area contributed by atoms with Crippen LogP contribution in [0.25, 0.3) is 0 Å². The summed E-state index contributed by atoms with van der Waals surface area (Å²) >= 11 is 0. The van der Waals surface area contributed by atoms with Gasteiger partial charge >= 0.3 is 0 Å². The SMILES string of the molecule is COC(CNC(C)C)C(C)(C)C. The molecule has 2 nitrogen and oxygen atoms in total. The lowest BCUT2D eigenvalue weighted by atomic mass is 9.89. The Kier molecular flexibility index (Phi) is 4.80. The molecule has 1 unspecified atom stereocenters. The lowest BCUT2D eigenvalue weighted by molar-refractivity contribution is 0.0163. The molecule has 1 N–H and O–H groups in total. The van der Waals surface area contributed by atoms with Gasteiger partial charge in [-0.1, -0.05) is 34.6 Å². The van der Waals surface area contributed by atoms with E-state index in [2.05, 4.69) is 39.9 Å². The fraction of sp³-hybridized carbons (Fsp3) is 1.00. The zero-order chi connectivity index (χ0) is 9.78. The molecule has 0 saturated carbocycles. The summed E-state index contributed by atoms with van der Waals surface area (Å²) in [6.45, 7) is 11.8. The van der Waals surface area contributed by atoms with Crippen molar-refractivity contribution < 1.29 is 4.74 Å². The summed E-state index contributed by atoms with van der Waals surface area (Å²) in [5, 5.41) is 3.38. The molecule has 0 aliphatic carbocycles. The van der Waals surface area contributed by atoms with E-state index in [1.807, 2.05) is 0 Å². The van der Waals surface area contributed by atoms with Gasteiger partial charge in [0.25, 0.3) is 0 Å². The standard InChI is InChI=1S/C10H23NO/c1-8(2)11-7-9(12-6)10(3,4)5/h8-9,11H,7H2,1-6H3. The normalized spacial score (nSPS) is 15.2. The van der Waals surface area contributed by atoms with E-state index in [-0.39, 0.29) is 5.41 Å². The second kappa shape index (κ2) is 4.83. The van der Waals surface area contributed by atoms with E-state index >= 15 is 0 Å². The quantitative estimate of drug-likeness (QED) is 0.702. The Morgan fingerprint density at radius 2 is 1.75 bits per heavy atom. The maximum absolute atomic E-state index is 5.40. The van der Waals surface area contributed by atoms with Crippen molar-refractivity contribution in [3.8, 4) is 0 Å². The van der Waals surface area contributed by atoms with Crippen molar-refractivity contribution in [1.82, 2.24) is 5.32 Å².